The highest BCUT2D eigenvalue weighted by atomic mass is 19.1. The zero-order valence-corrected chi connectivity index (χ0v) is 12.8. The molecule has 0 bridgehead atoms. The Morgan fingerprint density at radius 3 is 2.38 bits per heavy atom. The van der Waals surface area contributed by atoms with E-state index in [1.165, 1.54) is 18.2 Å². The van der Waals surface area contributed by atoms with Crippen molar-refractivity contribution in [2.45, 2.75) is 33.1 Å². The standard InChI is InChI=1S/C18H20FNO/c1-12-11-13(19)9-10-14(12)17(21)20-16-8-6-5-7-15(16)18(2,3)4/h5-11H,1-4H3,(H,20,21). The molecule has 21 heavy (non-hydrogen) atoms. The summed E-state index contributed by atoms with van der Waals surface area (Å²) in [5, 5.41) is 2.93. The fourth-order valence-electron chi connectivity index (χ4n) is 2.32. The molecule has 2 nitrogen and oxygen atoms in total. The van der Waals surface area contributed by atoms with Crippen LogP contribution in [0.4, 0.5) is 10.1 Å². The first kappa shape index (κ1) is 15.2. The van der Waals surface area contributed by atoms with Crippen molar-refractivity contribution >= 4 is 11.6 Å². The first-order valence-electron chi connectivity index (χ1n) is 6.96. The molecule has 0 heterocycles. The van der Waals surface area contributed by atoms with Crippen molar-refractivity contribution in [3.05, 3.63) is 65.0 Å². The van der Waals surface area contributed by atoms with Gasteiger partial charge in [-0.05, 0) is 47.7 Å². The molecule has 0 aromatic heterocycles. The average Bonchev–Trinajstić information content (AvgIpc) is 2.37. The zero-order valence-electron chi connectivity index (χ0n) is 12.8. The first-order valence-corrected chi connectivity index (χ1v) is 6.96. The van der Waals surface area contributed by atoms with Crippen molar-refractivity contribution in [2.24, 2.45) is 0 Å². The van der Waals surface area contributed by atoms with E-state index in [0.29, 0.717) is 11.1 Å². The van der Waals surface area contributed by atoms with Crippen LogP contribution in [0.2, 0.25) is 0 Å². The van der Waals surface area contributed by atoms with Crippen molar-refractivity contribution in [3.63, 3.8) is 0 Å². The van der Waals surface area contributed by atoms with Crippen LogP contribution in [-0.4, -0.2) is 5.91 Å². The van der Waals surface area contributed by atoms with Gasteiger partial charge in [-0.15, -0.1) is 0 Å². The minimum absolute atomic E-state index is 0.0677. The van der Waals surface area contributed by atoms with Gasteiger partial charge in [-0.1, -0.05) is 39.0 Å². The third-order valence-electron chi connectivity index (χ3n) is 3.42. The van der Waals surface area contributed by atoms with Crippen molar-refractivity contribution in [1.82, 2.24) is 0 Å². The number of carbonyl (C=O) groups excluding carboxylic acids is 1. The Bertz CT molecular complexity index is 671. The Morgan fingerprint density at radius 1 is 1.10 bits per heavy atom. The molecule has 3 heteroatoms. The molecule has 0 fully saturated rings. The second-order valence-corrected chi connectivity index (χ2v) is 6.21. The summed E-state index contributed by atoms with van der Waals surface area (Å²) in [5.74, 6) is -0.552. The van der Waals surface area contributed by atoms with E-state index in [-0.39, 0.29) is 17.1 Å². The maximum Gasteiger partial charge on any atom is 0.255 e. The third-order valence-corrected chi connectivity index (χ3v) is 3.42. The Labute approximate surface area is 125 Å². The highest BCUT2D eigenvalue weighted by Crippen LogP contribution is 2.29. The monoisotopic (exact) mass is 285 g/mol. The molecule has 0 aliphatic heterocycles. The van der Waals surface area contributed by atoms with E-state index in [1.54, 1.807) is 6.92 Å². The number of nitrogens with one attached hydrogen (secondary N) is 1. The number of para-hydroxylation sites is 1. The van der Waals surface area contributed by atoms with E-state index in [2.05, 4.69) is 26.1 Å². The van der Waals surface area contributed by atoms with Crippen LogP contribution in [0.15, 0.2) is 42.5 Å². The maximum absolute atomic E-state index is 13.1. The average molecular weight is 285 g/mol. The number of halogens is 1. The van der Waals surface area contributed by atoms with Crippen LogP contribution >= 0.6 is 0 Å². The summed E-state index contributed by atoms with van der Waals surface area (Å²) >= 11 is 0. The predicted molar refractivity (Wildman–Crippen MR) is 84.2 cm³/mol. The molecule has 2 rings (SSSR count). The third kappa shape index (κ3) is 3.48. The van der Waals surface area contributed by atoms with E-state index < -0.39 is 0 Å². The summed E-state index contributed by atoms with van der Waals surface area (Å²) in [6, 6.07) is 11.9. The fraction of sp³-hybridized carbons (Fsp3) is 0.278. The van der Waals surface area contributed by atoms with Crippen LogP contribution < -0.4 is 5.32 Å². The molecular weight excluding hydrogens is 265 g/mol. The quantitative estimate of drug-likeness (QED) is 0.852. The van der Waals surface area contributed by atoms with Gasteiger partial charge >= 0.3 is 0 Å². The van der Waals surface area contributed by atoms with E-state index >= 15 is 0 Å². The van der Waals surface area contributed by atoms with Crippen LogP contribution in [0.25, 0.3) is 0 Å². The molecule has 2 aromatic carbocycles. The van der Waals surface area contributed by atoms with E-state index in [0.717, 1.165) is 11.3 Å². The molecular formula is C18H20FNO. The first-order chi connectivity index (χ1) is 9.79. The Morgan fingerprint density at radius 2 is 1.76 bits per heavy atom. The van der Waals surface area contributed by atoms with Crippen LogP contribution in [-0.2, 0) is 5.41 Å². The fourth-order valence-corrected chi connectivity index (χ4v) is 2.32. The van der Waals surface area contributed by atoms with Crippen molar-refractivity contribution in [2.75, 3.05) is 5.32 Å². The highest BCUT2D eigenvalue weighted by Gasteiger charge is 2.19. The number of carbonyl (C=O) groups is 1. The van der Waals surface area contributed by atoms with Gasteiger partial charge < -0.3 is 5.32 Å². The van der Waals surface area contributed by atoms with Gasteiger partial charge in [-0.25, -0.2) is 4.39 Å². The minimum atomic E-state index is -0.334. The number of anilines is 1. The number of hydrogen-bond donors (Lipinski definition) is 1. The lowest BCUT2D eigenvalue weighted by atomic mass is 9.86. The van der Waals surface area contributed by atoms with Crippen LogP contribution in [0.3, 0.4) is 0 Å². The second-order valence-electron chi connectivity index (χ2n) is 6.21. The van der Waals surface area contributed by atoms with Gasteiger partial charge in [0, 0.05) is 11.3 Å². The van der Waals surface area contributed by atoms with E-state index in [9.17, 15) is 9.18 Å². The highest BCUT2D eigenvalue weighted by molar-refractivity contribution is 6.05. The molecule has 1 N–H and O–H groups in total. The smallest absolute Gasteiger partial charge is 0.255 e. The molecule has 0 aliphatic carbocycles. The lowest BCUT2D eigenvalue weighted by molar-refractivity contribution is 0.102. The van der Waals surface area contributed by atoms with E-state index in [1.807, 2.05) is 24.3 Å². The van der Waals surface area contributed by atoms with Gasteiger partial charge in [0.15, 0.2) is 0 Å². The topological polar surface area (TPSA) is 29.1 Å². The van der Waals surface area contributed by atoms with Crippen molar-refractivity contribution in [3.8, 4) is 0 Å². The molecule has 2 aromatic rings. The predicted octanol–water partition coefficient (Wildman–Crippen LogP) is 4.68. The molecule has 0 saturated heterocycles. The molecule has 1 amide bonds. The summed E-state index contributed by atoms with van der Waals surface area (Å²) in [6.07, 6.45) is 0. The number of aryl methyl sites for hydroxylation is 1. The van der Waals surface area contributed by atoms with Gasteiger partial charge in [0.1, 0.15) is 5.82 Å². The Hall–Kier alpha value is -2.16. The van der Waals surface area contributed by atoms with Crippen LogP contribution in [0.5, 0.6) is 0 Å². The Kier molecular flexibility index (Phi) is 4.12. The summed E-state index contributed by atoms with van der Waals surface area (Å²) in [5.41, 5.74) is 2.90. The summed E-state index contributed by atoms with van der Waals surface area (Å²) in [4.78, 5) is 12.4. The summed E-state index contributed by atoms with van der Waals surface area (Å²) in [6.45, 7) is 8.02. The molecule has 110 valence electrons. The molecule has 0 saturated carbocycles. The second kappa shape index (κ2) is 5.68. The Balaban J connectivity index is 2.32. The van der Waals surface area contributed by atoms with Crippen molar-refractivity contribution < 1.29 is 9.18 Å². The van der Waals surface area contributed by atoms with Gasteiger partial charge in [0.2, 0.25) is 0 Å². The van der Waals surface area contributed by atoms with Crippen molar-refractivity contribution in [1.29, 1.82) is 0 Å². The van der Waals surface area contributed by atoms with Gasteiger partial charge in [0.05, 0.1) is 0 Å². The summed E-state index contributed by atoms with van der Waals surface area (Å²) < 4.78 is 13.1. The molecule has 0 aliphatic rings. The minimum Gasteiger partial charge on any atom is -0.322 e. The van der Waals surface area contributed by atoms with Crippen LogP contribution in [0.1, 0.15) is 42.3 Å². The molecule has 0 radical (unpaired) electrons. The molecule has 0 spiro atoms. The van der Waals surface area contributed by atoms with Gasteiger partial charge in [-0.2, -0.15) is 0 Å². The zero-order chi connectivity index (χ0) is 15.6. The molecule has 0 unspecified atom stereocenters. The van der Waals surface area contributed by atoms with E-state index in [4.69, 9.17) is 0 Å². The maximum atomic E-state index is 13.1. The van der Waals surface area contributed by atoms with Gasteiger partial charge in [0.25, 0.3) is 5.91 Å². The SMILES string of the molecule is Cc1cc(F)ccc1C(=O)Nc1ccccc1C(C)(C)C. The number of hydrogen-bond acceptors (Lipinski definition) is 1. The number of benzene rings is 2. The molecule has 0 atom stereocenters. The van der Waals surface area contributed by atoms with Crippen LogP contribution in [0, 0.1) is 12.7 Å². The largest absolute Gasteiger partial charge is 0.322 e. The normalized spacial score (nSPS) is 11.3. The number of rotatable bonds is 2. The lowest BCUT2D eigenvalue weighted by Gasteiger charge is -2.23. The van der Waals surface area contributed by atoms with Gasteiger partial charge in [-0.3, -0.25) is 4.79 Å². The number of amides is 1. The summed E-state index contributed by atoms with van der Waals surface area (Å²) in [7, 11) is 0. The lowest BCUT2D eigenvalue weighted by Crippen LogP contribution is -2.19.